The summed E-state index contributed by atoms with van der Waals surface area (Å²) in [4.78, 5) is 13.6. The van der Waals surface area contributed by atoms with Crippen molar-refractivity contribution in [3.63, 3.8) is 0 Å². The normalized spacial score (nSPS) is 16.5. The Morgan fingerprint density at radius 2 is 1.93 bits per heavy atom. The Kier molecular flexibility index (Phi) is 6.01. The third-order valence-corrected chi connectivity index (χ3v) is 5.61. The third kappa shape index (κ3) is 4.47. The van der Waals surface area contributed by atoms with E-state index in [4.69, 9.17) is 10.5 Å². The number of rotatable bonds is 6. The standard InChI is InChI=1S/C23H30N6O/c1-4-22(29-10-8-28(3)9-11-29)30-21-14-20-18(13-19(21)24)23(26-15-25-20)27-17-7-5-6-16(2)12-17/h5-7,12-15,22H,4,8-11,24H2,1-3H3,(H,25,26,27). The Balaban J connectivity index is 1.59. The summed E-state index contributed by atoms with van der Waals surface area (Å²) in [7, 11) is 2.16. The van der Waals surface area contributed by atoms with Gasteiger partial charge in [0.05, 0.1) is 11.2 Å². The zero-order valence-corrected chi connectivity index (χ0v) is 17.9. The summed E-state index contributed by atoms with van der Waals surface area (Å²) in [6, 6.07) is 12.0. The Hall–Kier alpha value is -2.90. The number of likely N-dealkylation sites (N-methyl/N-ethyl adjacent to an activating group) is 1. The highest BCUT2D eigenvalue weighted by atomic mass is 16.5. The van der Waals surface area contributed by atoms with Crippen molar-refractivity contribution < 1.29 is 4.74 Å². The summed E-state index contributed by atoms with van der Waals surface area (Å²) in [6.45, 7) is 8.30. The van der Waals surface area contributed by atoms with Gasteiger partial charge in [0, 0.05) is 43.3 Å². The van der Waals surface area contributed by atoms with Crippen LogP contribution in [0.1, 0.15) is 18.9 Å². The molecule has 1 saturated heterocycles. The average molecular weight is 407 g/mol. The lowest BCUT2D eigenvalue weighted by molar-refractivity contribution is -0.00475. The highest BCUT2D eigenvalue weighted by Crippen LogP contribution is 2.32. The van der Waals surface area contributed by atoms with Gasteiger partial charge >= 0.3 is 0 Å². The van der Waals surface area contributed by atoms with Crippen molar-refractivity contribution >= 4 is 28.1 Å². The van der Waals surface area contributed by atoms with Crippen LogP contribution in [0.4, 0.5) is 17.2 Å². The summed E-state index contributed by atoms with van der Waals surface area (Å²) in [5.74, 6) is 1.41. The lowest BCUT2D eigenvalue weighted by atomic mass is 10.1. The average Bonchev–Trinajstić information content (AvgIpc) is 2.73. The minimum Gasteiger partial charge on any atom is -0.473 e. The Morgan fingerprint density at radius 3 is 2.67 bits per heavy atom. The second-order valence-electron chi connectivity index (χ2n) is 7.94. The van der Waals surface area contributed by atoms with Crippen molar-refractivity contribution in [1.82, 2.24) is 19.8 Å². The maximum Gasteiger partial charge on any atom is 0.152 e. The molecular formula is C23H30N6O. The number of aromatic nitrogens is 2. The number of nitrogen functional groups attached to an aromatic ring is 1. The van der Waals surface area contributed by atoms with E-state index in [0.29, 0.717) is 11.4 Å². The Labute approximate surface area is 177 Å². The van der Waals surface area contributed by atoms with Crippen molar-refractivity contribution in [2.24, 2.45) is 0 Å². The van der Waals surface area contributed by atoms with Crippen LogP contribution in [0.3, 0.4) is 0 Å². The summed E-state index contributed by atoms with van der Waals surface area (Å²) >= 11 is 0. The molecule has 3 aromatic rings. The molecule has 1 unspecified atom stereocenters. The van der Waals surface area contributed by atoms with Crippen LogP contribution >= 0.6 is 0 Å². The van der Waals surface area contributed by atoms with Crippen LogP contribution in [-0.2, 0) is 0 Å². The van der Waals surface area contributed by atoms with E-state index >= 15 is 0 Å². The molecule has 0 amide bonds. The van der Waals surface area contributed by atoms with Crippen LogP contribution in [0.2, 0.25) is 0 Å². The molecule has 7 nitrogen and oxygen atoms in total. The van der Waals surface area contributed by atoms with E-state index in [-0.39, 0.29) is 6.23 Å². The minimum atomic E-state index is 0.00479. The molecule has 1 fully saturated rings. The van der Waals surface area contributed by atoms with Gasteiger partial charge in [-0.15, -0.1) is 0 Å². The summed E-state index contributed by atoms with van der Waals surface area (Å²) in [5, 5.41) is 4.25. The van der Waals surface area contributed by atoms with Gasteiger partial charge in [-0.05, 0) is 44.2 Å². The molecule has 1 aliphatic heterocycles. The van der Waals surface area contributed by atoms with Gasteiger partial charge in [0.2, 0.25) is 0 Å². The van der Waals surface area contributed by atoms with Crippen LogP contribution in [0.5, 0.6) is 5.75 Å². The Morgan fingerprint density at radius 1 is 1.13 bits per heavy atom. The van der Waals surface area contributed by atoms with E-state index in [9.17, 15) is 0 Å². The number of fused-ring (bicyclic) bond motifs is 1. The SMILES string of the molecule is CCC(Oc1cc2ncnc(Nc3cccc(C)c3)c2cc1N)N1CCN(C)CC1. The molecule has 158 valence electrons. The zero-order chi connectivity index (χ0) is 21.1. The first-order valence-corrected chi connectivity index (χ1v) is 10.5. The molecule has 7 heteroatoms. The third-order valence-electron chi connectivity index (χ3n) is 5.61. The number of nitrogens with two attached hydrogens (primary N) is 1. The molecule has 1 aliphatic rings. The van der Waals surface area contributed by atoms with Crippen LogP contribution in [0.15, 0.2) is 42.7 Å². The van der Waals surface area contributed by atoms with Gasteiger partial charge in [-0.25, -0.2) is 9.97 Å². The monoisotopic (exact) mass is 406 g/mol. The molecule has 0 aliphatic carbocycles. The first-order chi connectivity index (χ1) is 14.5. The van der Waals surface area contributed by atoms with Crippen molar-refractivity contribution in [1.29, 1.82) is 0 Å². The van der Waals surface area contributed by atoms with Gasteiger partial charge in [-0.1, -0.05) is 19.1 Å². The van der Waals surface area contributed by atoms with Crippen molar-refractivity contribution in [3.8, 4) is 5.75 Å². The minimum absolute atomic E-state index is 0.00479. The summed E-state index contributed by atoms with van der Waals surface area (Å²) in [5.41, 5.74) is 9.96. The van der Waals surface area contributed by atoms with Crippen molar-refractivity contribution in [2.75, 3.05) is 44.3 Å². The quantitative estimate of drug-likeness (QED) is 0.605. The Bertz CT molecular complexity index is 1020. The van der Waals surface area contributed by atoms with E-state index in [0.717, 1.165) is 55.0 Å². The number of ether oxygens (including phenoxy) is 1. The van der Waals surface area contributed by atoms with Crippen LogP contribution in [0, 0.1) is 6.92 Å². The topological polar surface area (TPSA) is 79.5 Å². The molecule has 0 radical (unpaired) electrons. The van der Waals surface area contributed by atoms with E-state index in [1.807, 2.05) is 24.3 Å². The van der Waals surface area contributed by atoms with E-state index in [2.05, 4.69) is 58.1 Å². The molecule has 1 atom stereocenters. The maximum absolute atomic E-state index is 6.39. The molecule has 2 heterocycles. The van der Waals surface area contributed by atoms with Crippen LogP contribution in [-0.4, -0.2) is 59.2 Å². The molecule has 4 rings (SSSR count). The van der Waals surface area contributed by atoms with E-state index in [1.54, 1.807) is 6.33 Å². The summed E-state index contributed by atoms with van der Waals surface area (Å²) in [6.07, 6.45) is 2.47. The second-order valence-corrected chi connectivity index (χ2v) is 7.94. The number of nitrogens with one attached hydrogen (secondary N) is 1. The predicted octanol–water partition coefficient (Wildman–Crippen LogP) is 3.63. The molecule has 0 spiro atoms. The fourth-order valence-corrected chi connectivity index (χ4v) is 3.83. The number of hydrogen-bond acceptors (Lipinski definition) is 7. The zero-order valence-electron chi connectivity index (χ0n) is 17.9. The van der Waals surface area contributed by atoms with Gasteiger partial charge in [-0.3, -0.25) is 4.90 Å². The fourth-order valence-electron chi connectivity index (χ4n) is 3.83. The second kappa shape index (κ2) is 8.85. The maximum atomic E-state index is 6.39. The number of nitrogens with zero attached hydrogens (tertiary/aromatic N) is 4. The smallest absolute Gasteiger partial charge is 0.152 e. The predicted molar refractivity (Wildman–Crippen MR) is 122 cm³/mol. The summed E-state index contributed by atoms with van der Waals surface area (Å²) < 4.78 is 6.35. The number of piperazine rings is 1. The molecule has 30 heavy (non-hydrogen) atoms. The number of hydrogen-bond donors (Lipinski definition) is 2. The van der Waals surface area contributed by atoms with Crippen molar-refractivity contribution in [2.45, 2.75) is 26.5 Å². The fraction of sp³-hybridized carbons (Fsp3) is 0.391. The number of benzene rings is 2. The highest BCUT2D eigenvalue weighted by Gasteiger charge is 2.23. The molecule has 0 bridgehead atoms. The van der Waals surface area contributed by atoms with Gasteiger partial charge in [0.15, 0.2) is 6.23 Å². The molecule has 3 N–H and O–H groups in total. The molecular weight excluding hydrogens is 376 g/mol. The van der Waals surface area contributed by atoms with Gasteiger partial charge < -0.3 is 20.7 Å². The highest BCUT2D eigenvalue weighted by molar-refractivity contribution is 5.94. The number of aryl methyl sites for hydroxylation is 1. The first kappa shape index (κ1) is 20.4. The van der Waals surface area contributed by atoms with Gasteiger partial charge in [-0.2, -0.15) is 0 Å². The number of anilines is 3. The van der Waals surface area contributed by atoms with Gasteiger partial charge in [0.25, 0.3) is 0 Å². The molecule has 0 saturated carbocycles. The lowest BCUT2D eigenvalue weighted by Crippen LogP contribution is -2.50. The first-order valence-electron chi connectivity index (χ1n) is 10.5. The van der Waals surface area contributed by atoms with E-state index < -0.39 is 0 Å². The van der Waals surface area contributed by atoms with E-state index in [1.165, 1.54) is 5.56 Å². The largest absolute Gasteiger partial charge is 0.473 e. The van der Waals surface area contributed by atoms with Crippen LogP contribution in [0.25, 0.3) is 10.9 Å². The van der Waals surface area contributed by atoms with Gasteiger partial charge in [0.1, 0.15) is 17.9 Å². The van der Waals surface area contributed by atoms with Crippen LogP contribution < -0.4 is 15.8 Å². The lowest BCUT2D eigenvalue weighted by Gasteiger charge is -2.37. The molecule has 1 aromatic heterocycles. The van der Waals surface area contributed by atoms with Crippen molar-refractivity contribution in [3.05, 3.63) is 48.3 Å². The molecule has 2 aromatic carbocycles.